The Balaban J connectivity index is 2.54. The molecule has 2 aromatic rings. The minimum atomic E-state index is -0.215. The van der Waals surface area contributed by atoms with Crippen LogP contribution in [0.3, 0.4) is 0 Å². The third-order valence-corrected chi connectivity index (χ3v) is 2.29. The molecule has 1 aromatic carbocycles. The molecule has 0 unspecified atom stereocenters. The Morgan fingerprint density at radius 1 is 1.07 bits per heavy atom. The molecule has 2 rings (SSSR count). The molecule has 0 aliphatic carbocycles. The highest BCUT2D eigenvalue weighted by molar-refractivity contribution is 5.60. The minimum Gasteiger partial charge on any atom is -0.253 e. The van der Waals surface area contributed by atoms with Crippen LogP contribution in [0, 0.1) is 19.7 Å². The van der Waals surface area contributed by atoms with Crippen LogP contribution in [0.25, 0.3) is 11.3 Å². The average molecular weight is 201 g/mol. The maximum Gasteiger partial charge on any atom is 0.132 e. The highest BCUT2D eigenvalue weighted by Crippen LogP contribution is 2.21. The van der Waals surface area contributed by atoms with Crippen LogP contribution in [0.15, 0.2) is 36.4 Å². The molecule has 76 valence electrons. The quantitative estimate of drug-likeness (QED) is 0.688. The second-order valence-electron chi connectivity index (χ2n) is 3.65. The summed E-state index contributed by atoms with van der Waals surface area (Å²) in [5, 5.41) is 0. The smallest absolute Gasteiger partial charge is 0.132 e. The van der Waals surface area contributed by atoms with Crippen LogP contribution in [0.5, 0.6) is 0 Å². The van der Waals surface area contributed by atoms with Gasteiger partial charge >= 0.3 is 0 Å². The van der Waals surface area contributed by atoms with Crippen LogP contribution < -0.4 is 0 Å². The predicted molar refractivity (Wildman–Crippen MR) is 59.1 cm³/mol. The van der Waals surface area contributed by atoms with E-state index >= 15 is 0 Å². The molecule has 0 spiro atoms. The zero-order valence-corrected chi connectivity index (χ0v) is 8.79. The summed E-state index contributed by atoms with van der Waals surface area (Å²) in [7, 11) is 0. The van der Waals surface area contributed by atoms with E-state index in [2.05, 4.69) is 4.98 Å². The van der Waals surface area contributed by atoms with Gasteiger partial charge in [-0.1, -0.05) is 12.1 Å². The second kappa shape index (κ2) is 3.81. The summed E-state index contributed by atoms with van der Waals surface area (Å²) in [5.74, 6) is -0.215. The summed E-state index contributed by atoms with van der Waals surface area (Å²) >= 11 is 0. The summed E-state index contributed by atoms with van der Waals surface area (Å²) in [5.41, 5.74) is 3.06. The molecule has 0 saturated heterocycles. The van der Waals surface area contributed by atoms with E-state index in [1.807, 2.05) is 38.1 Å². The molecule has 0 aliphatic heterocycles. The summed E-state index contributed by atoms with van der Waals surface area (Å²) in [6, 6.07) is 10.8. The third kappa shape index (κ3) is 2.04. The van der Waals surface area contributed by atoms with Crippen LogP contribution in [-0.4, -0.2) is 4.98 Å². The predicted octanol–water partition coefficient (Wildman–Crippen LogP) is 3.50. The van der Waals surface area contributed by atoms with E-state index < -0.39 is 0 Å². The Hall–Kier alpha value is -1.70. The van der Waals surface area contributed by atoms with E-state index in [0.717, 1.165) is 11.3 Å². The van der Waals surface area contributed by atoms with Crippen molar-refractivity contribution < 1.29 is 4.39 Å². The van der Waals surface area contributed by atoms with E-state index in [-0.39, 0.29) is 5.82 Å². The zero-order chi connectivity index (χ0) is 10.8. The molecule has 0 radical (unpaired) electrons. The van der Waals surface area contributed by atoms with Crippen LogP contribution in [0.4, 0.5) is 4.39 Å². The van der Waals surface area contributed by atoms with Gasteiger partial charge in [0.2, 0.25) is 0 Å². The van der Waals surface area contributed by atoms with E-state index in [1.165, 1.54) is 6.07 Å². The van der Waals surface area contributed by atoms with Gasteiger partial charge in [-0.25, -0.2) is 4.39 Å². The molecule has 0 saturated carbocycles. The Morgan fingerprint density at radius 2 is 1.87 bits per heavy atom. The highest BCUT2D eigenvalue weighted by atomic mass is 19.1. The van der Waals surface area contributed by atoms with Crippen LogP contribution in [0.1, 0.15) is 11.3 Å². The number of aryl methyl sites for hydroxylation is 2. The summed E-state index contributed by atoms with van der Waals surface area (Å²) in [4.78, 5) is 4.29. The SMILES string of the molecule is Cc1ccc(-c2cccc(C)n2)c(F)c1. The number of aromatic nitrogens is 1. The number of hydrogen-bond donors (Lipinski definition) is 0. The topological polar surface area (TPSA) is 12.9 Å². The van der Waals surface area contributed by atoms with Gasteiger partial charge in [0, 0.05) is 11.3 Å². The zero-order valence-electron chi connectivity index (χ0n) is 8.79. The number of hydrogen-bond acceptors (Lipinski definition) is 1. The number of halogens is 1. The van der Waals surface area contributed by atoms with Crippen LogP contribution in [0.2, 0.25) is 0 Å². The lowest BCUT2D eigenvalue weighted by atomic mass is 10.1. The van der Waals surface area contributed by atoms with Crippen molar-refractivity contribution in [1.29, 1.82) is 0 Å². The third-order valence-electron chi connectivity index (χ3n) is 2.29. The number of nitrogens with zero attached hydrogens (tertiary/aromatic N) is 1. The van der Waals surface area contributed by atoms with Gasteiger partial charge in [0.1, 0.15) is 5.82 Å². The van der Waals surface area contributed by atoms with Crippen molar-refractivity contribution in [3.63, 3.8) is 0 Å². The Bertz CT molecular complexity index is 492. The van der Waals surface area contributed by atoms with Crippen molar-refractivity contribution in [2.24, 2.45) is 0 Å². The first-order valence-electron chi connectivity index (χ1n) is 4.87. The second-order valence-corrected chi connectivity index (χ2v) is 3.65. The fourth-order valence-electron chi connectivity index (χ4n) is 1.52. The number of benzene rings is 1. The molecule has 0 atom stereocenters. The Kier molecular flexibility index (Phi) is 2.50. The molecule has 0 aliphatic rings. The van der Waals surface area contributed by atoms with Crippen LogP contribution >= 0.6 is 0 Å². The number of rotatable bonds is 1. The summed E-state index contributed by atoms with van der Waals surface area (Å²) in [6.45, 7) is 3.77. The van der Waals surface area contributed by atoms with Crippen LogP contribution in [-0.2, 0) is 0 Å². The lowest BCUT2D eigenvalue weighted by molar-refractivity contribution is 0.629. The Morgan fingerprint density at radius 3 is 2.53 bits per heavy atom. The normalized spacial score (nSPS) is 10.3. The standard InChI is InChI=1S/C13H12FN/c1-9-6-7-11(12(14)8-9)13-5-3-4-10(2)15-13/h3-8H,1-2H3. The van der Waals surface area contributed by atoms with Crippen molar-refractivity contribution >= 4 is 0 Å². The average Bonchev–Trinajstić information content (AvgIpc) is 2.17. The van der Waals surface area contributed by atoms with Crippen molar-refractivity contribution in [1.82, 2.24) is 4.98 Å². The molecule has 0 N–H and O–H groups in total. The van der Waals surface area contributed by atoms with Gasteiger partial charge in [0.05, 0.1) is 5.69 Å². The molecular weight excluding hydrogens is 189 g/mol. The summed E-state index contributed by atoms with van der Waals surface area (Å²) in [6.07, 6.45) is 0. The van der Waals surface area contributed by atoms with Crippen molar-refractivity contribution in [3.8, 4) is 11.3 Å². The minimum absolute atomic E-state index is 0.215. The number of pyridine rings is 1. The van der Waals surface area contributed by atoms with Gasteiger partial charge in [-0.3, -0.25) is 4.98 Å². The first-order chi connectivity index (χ1) is 7.16. The fourth-order valence-corrected chi connectivity index (χ4v) is 1.52. The maximum atomic E-state index is 13.6. The largest absolute Gasteiger partial charge is 0.253 e. The molecule has 0 bridgehead atoms. The van der Waals surface area contributed by atoms with Crippen molar-refractivity contribution in [2.75, 3.05) is 0 Å². The molecule has 1 heterocycles. The lowest BCUT2D eigenvalue weighted by Gasteiger charge is -2.04. The Labute approximate surface area is 88.6 Å². The van der Waals surface area contributed by atoms with Gasteiger partial charge < -0.3 is 0 Å². The van der Waals surface area contributed by atoms with Crippen molar-refractivity contribution in [3.05, 3.63) is 53.5 Å². The van der Waals surface area contributed by atoms with Gasteiger partial charge in [-0.05, 0) is 43.7 Å². The van der Waals surface area contributed by atoms with Crippen molar-refractivity contribution in [2.45, 2.75) is 13.8 Å². The summed E-state index contributed by atoms with van der Waals surface area (Å²) < 4.78 is 13.6. The van der Waals surface area contributed by atoms with Gasteiger partial charge in [0.15, 0.2) is 0 Å². The molecule has 15 heavy (non-hydrogen) atoms. The first-order valence-corrected chi connectivity index (χ1v) is 4.87. The van der Waals surface area contributed by atoms with E-state index in [9.17, 15) is 4.39 Å². The molecule has 1 nitrogen and oxygen atoms in total. The molecule has 0 amide bonds. The lowest BCUT2D eigenvalue weighted by Crippen LogP contribution is -1.90. The molecule has 2 heteroatoms. The molecule has 1 aromatic heterocycles. The highest BCUT2D eigenvalue weighted by Gasteiger charge is 2.05. The maximum absolute atomic E-state index is 13.6. The van der Waals surface area contributed by atoms with Gasteiger partial charge in [-0.2, -0.15) is 0 Å². The first kappa shape index (κ1) is 9.84. The fraction of sp³-hybridized carbons (Fsp3) is 0.154. The van der Waals surface area contributed by atoms with E-state index in [4.69, 9.17) is 0 Å². The van der Waals surface area contributed by atoms with Gasteiger partial charge in [-0.15, -0.1) is 0 Å². The van der Waals surface area contributed by atoms with E-state index in [1.54, 1.807) is 6.07 Å². The molecular formula is C13H12FN. The van der Waals surface area contributed by atoms with E-state index in [0.29, 0.717) is 11.3 Å². The monoisotopic (exact) mass is 201 g/mol. The van der Waals surface area contributed by atoms with Gasteiger partial charge in [0.25, 0.3) is 0 Å². The molecule has 0 fully saturated rings.